The summed E-state index contributed by atoms with van der Waals surface area (Å²) >= 11 is 6.68. The lowest BCUT2D eigenvalue weighted by atomic mass is 9.80. The molecule has 0 radical (unpaired) electrons. The molecule has 0 amide bonds. The Balaban J connectivity index is 1.13. The first-order valence-corrected chi connectivity index (χ1v) is 14.2. The Bertz CT molecular complexity index is 1010. The van der Waals surface area contributed by atoms with Crippen molar-refractivity contribution in [2.24, 2.45) is 10.6 Å². The fourth-order valence-corrected chi connectivity index (χ4v) is 6.29. The molecule has 0 aromatic heterocycles. The highest BCUT2D eigenvalue weighted by molar-refractivity contribution is 6.32. The second-order valence-electron chi connectivity index (χ2n) is 11.2. The summed E-state index contributed by atoms with van der Waals surface area (Å²) in [4.78, 5) is 22.9. The molecule has 204 valence electrons. The number of hydrogen-bond acceptors (Lipinski definition) is 8. The van der Waals surface area contributed by atoms with Crippen molar-refractivity contribution in [3.05, 3.63) is 22.7 Å². The van der Waals surface area contributed by atoms with E-state index >= 15 is 0 Å². The van der Waals surface area contributed by atoms with Gasteiger partial charge in [0.1, 0.15) is 5.84 Å². The van der Waals surface area contributed by atoms with Crippen molar-refractivity contribution in [1.29, 1.82) is 0 Å². The van der Waals surface area contributed by atoms with Crippen LogP contribution in [0.3, 0.4) is 0 Å². The summed E-state index contributed by atoms with van der Waals surface area (Å²) in [6.45, 7) is 10.8. The molecule has 9 heteroatoms. The normalized spacial score (nSPS) is 22.9. The molecule has 0 N–H and O–H groups in total. The average Bonchev–Trinajstić information content (AvgIpc) is 3.53. The van der Waals surface area contributed by atoms with Gasteiger partial charge in [-0.1, -0.05) is 16.8 Å². The van der Waals surface area contributed by atoms with Crippen LogP contribution in [0.25, 0.3) is 0 Å². The number of rotatable bonds is 8. The van der Waals surface area contributed by atoms with Crippen molar-refractivity contribution in [2.75, 3.05) is 39.4 Å². The number of nitrogens with zero attached hydrogens (tertiary/aromatic N) is 3. The van der Waals surface area contributed by atoms with Gasteiger partial charge < -0.3 is 23.9 Å². The Kier molecular flexibility index (Phi) is 7.78. The molecule has 1 aromatic carbocycles. The first-order chi connectivity index (χ1) is 17.8. The van der Waals surface area contributed by atoms with E-state index in [1.54, 1.807) is 0 Å². The molecule has 1 aromatic rings. The number of amidine groups is 1. The minimum atomic E-state index is -0.406. The van der Waals surface area contributed by atoms with Gasteiger partial charge in [0, 0.05) is 32.7 Å². The van der Waals surface area contributed by atoms with Crippen LogP contribution in [0.4, 0.5) is 0 Å². The summed E-state index contributed by atoms with van der Waals surface area (Å²) in [5.74, 6) is 2.32. The zero-order valence-corrected chi connectivity index (χ0v) is 23.1. The van der Waals surface area contributed by atoms with Gasteiger partial charge >= 0.3 is 5.97 Å². The molecule has 5 rings (SSSR count). The molecule has 3 aliphatic heterocycles. The van der Waals surface area contributed by atoms with Crippen LogP contribution in [0.15, 0.2) is 17.3 Å². The summed E-state index contributed by atoms with van der Waals surface area (Å²) in [5.41, 5.74) is 0.446. The number of halogens is 1. The Labute approximate surface area is 225 Å². The molecule has 0 bridgehead atoms. The lowest BCUT2D eigenvalue weighted by molar-refractivity contribution is -0.156. The minimum absolute atomic E-state index is 0.0869. The molecule has 1 aliphatic carbocycles. The highest BCUT2D eigenvalue weighted by Crippen LogP contribution is 2.42. The Morgan fingerprint density at radius 2 is 1.89 bits per heavy atom. The van der Waals surface area contributed by atoms with Crippen molar-refractivity contribution < 1.29 is 23.8 Å². The van der Waals surface area contributed by atoms with Gasteiger partial charge in [-0.25, -0.2) is 0 Å². The number of ether oxygens (including phenoxy) is 3. The van der Waals surface area contributed by atoms with E-state index in [2.05, 4.69) is 21.0 Å². The van der Waals surface area contributed by atoms with Crippen LogP contribution < -0.4 is 9.47 Å². The Hall–Kier alpha value is -2.19. The van der Waals surface area contributed by atoms with Crippen LogP contribution in [0, 0.1) is 5.41 Å². The first-order valence-electron chi connectivity index (χ1n) is 13.8. The number of benzene rings is 1. The van der Waals surface area contributed by atoms with Crippen molar-refractivity contribution in [1.82, 2.24) is 9.80 Å². The van der Waals surface area contributed by atoms with Crippen LogP contribution in [-0.4, -0.2) is 72.7 Å². The Morgan fingerprint density at radius 1 is 1.16 bits per heavy atom. The standard InChI is InChI=1S/C28H40ClN3O5/c1-4-34-23-15-20(14-22(29)25(23)36-21-8-6-7-9-21)17-31-18-28(19-31)16-24(30-37-28)32-12-10-27(3,11-13-32)26(33)35-5-2/h14-15,21H,4-13,16-19H2,1-3H3. The van der Waals surface area contributed by atoms with Gasteiger partial charge in [0.25, 0.3) is 0 Å². The maximum Gasteiger partial charge on any atom is 0.311 e. The SMILES string of the molecule is CCOC(=O)C1(C)CCN(C2=NOC3(C2)CN(Cc2cc(Cl)c(OC4CCCC4)c(OCC)c2)C3)CC1. The van der Waals surface area contributed by atoms with E-state index in [0.717, 1.165) is 82.0 Å². The van der Waals surface area contributed by atoms with Gasteiger partial charge in [0.2, 0.25) is 0 Å². The number of oxime groups is 1. The van der Waals surface area contributed by atoms with Gasteiger partial charge in [-0.3, -0.25) is 9.69 Å². The molecule has 4 aliphatic rings. The van der Waals surface area contributed by atoms with Crippen LogP contribution >= 0.6 is 11.6 Å². The third kappa shape index (κ3) is 5.65. The summed E-state index contributed by atoms with van der Waals surface area (Å²) in [6.07, 6.45) is 7.14. The maximum absolute atomic E-state index is 12.3. The molecule has 0 unspecified atom stereocenters. The molecule has 2 saturated heterocycles. The molecule has 37 heavy (non-hydrogen) atoms. The van der Waals surface area contributed by atoms with Gasteiger partial charge in [0.05, 0.1) is 36.2 Å². The summed E-state index contributed by atoms with van der Waals surface area (Å²) in [5, 5.41) is 5.08. The zero-order valence-electron chi connectivity index (χ0n) is 22.4. The predicted molar refractivity (Wildman–Crippen MR) is 142 cm³/mol. The second kappa shape index (κ2) is 10.9. The highest BCUT2D eigenvalue weighted by Gasteiger charge is 2.51. The highest BCUT2D eigenvalue weighted by atomic mass is 35.5. The molecule has 1 spiro atoms. The largest absolute Gasteiger partial charge is 0.490 e. The number of carbonyl (C=O) groups is 1. The number of likely N-dealkylation sites (tertiary alicyclic amines) is 2. The van der Waals surface area contributed by atoms with E-state index in [0.29, 0.717) is 24.0 Å². The van der Waals surface area contributed by atoms with Gasteiger partial charge in [0.15, 0.2) is 17.1 Å². The molecule has 8 nitrogen and oxygen atoms in total. The number of hydrogen-bond donors (Lipinski definition) is 0. The molecular formula is C28H40ClN3O5. The first kappa shape index (κ1) is 26.4. The van der Waals surface area contributed by atoms with E-state index in [4.69, 9.17) is 30.6 Å². The van der Waals surface area contributed by atoms with Crippen LogP contribution in [0.5, 0.6) is 11.5 Å². The lowest BCUT2D eigenvalue weighted by Gasteiger charge is -2.45. The van der Waals surface area contributed by atoms with Crippen LogP contribution in [0.2, 0.25) is 5.02 Å². The van der Waals surface area contributed by atoms with Crippen molar-refractivity contribution in [2.45, 2.75) is 84.0 Å². The predicted octanol–water partition coefficient (Wildman–Crippen LogP) is 5.01. The van der Waals surface area contributed by atoms with Crippen LogP contribution in [0.1, 0.15) is 71.3 Å². The number of piperidine rings is 1. The summed E-state index contributed by atoms with van der Waals surface area (Å²) < 4.78 is 17.4. The van der Waals surface area contributed by atoms with E-state index in [-0.39, 0.29) is 17.7 Å². The monoisotopic (exact) mass is 533 g/mol. The lowest BCUT2D eigenvalue weighted by Crippen LogP contribution is -2.61. The van der Waals surface area contributed by atoms with E-state index in [1.165, 1.54) is 12.8 Å². The number of carbonyl (C=O) groups excluding carboxylic acids is 1. The van der Waals surface area contributed by atoms with E-state index < -0.39 is 5.41 Å². The van der Waals surface area contributed by atoms with Gasteiger partial charge in [-0.05, 0) is 77.0 Å². The maximum atomic E-state index is 12.3. The minimum Gasteiger partial charge on any atom is -0.490 e. The molecular weight excluding hydrogens is 494 g/mol. The fraction of sp³-hybridized carbons (Fsp3) is 0.714. The Morgan fingerprint density at radius 3 is 2.57 bits per heavy atom. The third-order valence-electron chi connectivity index (χ3n) is 8.21. The van der Waals surface area contributed by atoms with Gasteiger partial charge in [-0.15, -0.1) is 0 Å². The van der Waals surface area contributed by atoms with E-state index in [1.807, 2.05) is 26.8 Å². The van der Waals surface area contributed by atoms with Crippen molar-refractivity contribution in [3.63, 3.8) is 0 Å². The summed E-state index contributed by atoms with van der Waals surface area (Å²) in [7, 11) is 0. The number of esters is 1. The van der Waals surface area contributed by atoms with Crippen molar-refractivity contribution >= 4 is 23.4 Å². The summed E-state index contributed by atoms with van der Waals surface area (Å²) in [6, 6.07) is 4.07. The quantitative estimate of drug-likeness (QED) is 0.435. The van der Waals surface area contributed by atoms with E-state index in [9.17, 15) is 4.79 Å². The fourth-order valence-electron chi connectivity index (χ4n) is 6.01. The zero-order chi connectivity index (χ0) is 26.0. The van der Waals surface area contributed by atoms with Crippen LogP contribution in [-0.2, 0) is 20.9 Å². The third-order valence-corrected chi connectivity index (χ3v) is 8.49. The molecule has 0 atom stereocenters. The topological polar surface area (TPSA) is 72.8 Å². The average molecular weight is 534 g/mol. The smallest absolute Gasteiger partial charge is 0.311 e. The molecule has 1 saturated carbocycles. The second-order valence-corrected chi connectivity index (χ2v) is 11.6. The van der Waals surface area contributed by atoms with Gasteiger partial charge in [-0.2, -0.15) is 0 Å². The molecule has 3 heterocycles. The van der Waals surface area contributed by atoms with Crippen molar-refractivity contribution in [3.8, 4) is 11.5 Å². The molecule has 3 fully saturated rings.